The fourth-order valence-electron chi connectivity index (χ4n) is 2.33. The van der Waals surface area contributed by atoms with Crippen LogP contribution in [0.25, 0.3) is 0 Å². The van der Waals surface area contributed by atoms with Crippen molar-refractivity contribution in [1.82, 2.24) is 9.78 Å². The van der Waals surface area contributed by atoms with E-state index >= 15 is 0 Å². The first kappa shape index (κ1) is 13.1. The summed E-state index contributed by atoms with van der Waals surface area (Å²) in [6, 6.07) is 0.940. The molecule has 1 fully saturated rings. The molecular formula is C12H15F3N2O. The van der Waals surface area contributed by atoms with Crippen LogP contribution in [0.2, 0.25) is 0 Å². The molecule has 6 heteroatoms. The molecule has 0 bridgehead atoms. The molecule has 1 aliphatic carbocycles. The fraction of sp³-hybridized carbons (Fsp3) is 0.667. The summed E-state index contributed by atoms with van der Waals surface area (Å²) in [6.07, 6.45) is -3.03. The Kier molecular flexibility index (Phi) is 3.21. The summed E-state index contributed by atoms with van der Waals surface area (Å²) in [5.41, 5.74) is -0.339. The minimum atomic E-state index is -4.43. The third-order valence-electron chi connectivity index (χ3n) is 3.21. The van der Waals surface area contributed by atoms with E-state index in [9.17, 15) is 18.0 Å². The number of carbonyl (C=O) groups is 1. The van der Waals surface area contributed by atoms with Gasteiger partial charge in [-0.3, -0.25) is 9.48 Å². The SMILES string of the molecule is CC(C)n1nc(C(F)(F)F)cc1C1CCC(=O)C1. The van der Waals surface area contributed by atoms with Gasteiger partial charge in [-0.25, -0.2) is 0 Å². The Balaban J connectivity index is 2.39. The molecule has 0 amide bonds. The van der Waals surface area contributed by atoms with E-state index in [-0.39, 0.29) is 17.7 Å². The molecule has 0 aromatic carbocycles. The molecule has 0 saturated heterocycles. The maximum Gasteiger partial charge on any atom is 0.435 e. The van der Waals surface area contributed by atoms with Crippen molar-refractivity contribution >= 4 is 5.78 Å². The molecule has 0 N–H and O–H groups in total. The van der Waals surface area contributed by atoms with Crippen LogP contribution in [-0.2, 0) is 11.0 Å². The van der Waals surface area contributed by atoms with Gasteiger partial charge in [-0.05, 0) is 26.3 Å². The predicted molar refractivity (Wildman–Crippen MR) is 59.2 cm³/mol. The summed E-state index contributed by atoms with van der Waals surface area (Å²) in [5, 5.41) is 3.63. The summed E-state index contributed by atoms with van der Waals surface area (Å²) in [5.74, 6) is -0.00596. The molecule has 0 spiro atoms. The second-order valence-electron chi connectivity index (χ2n) is 4.97. The minimum absolute atomic E-state index is 0.116. The Morgan fingerprint density at radius 3 is 2.56 bits per heavy atom. The van der Waals surface area contributed by atoms with E-state index in [2.05, 4.69) is 5.10 Å². The molecule has 1 atom stereocenters. The topological polar surface area (TPSA) is 34.9 Å². The second-order valence-corrected chi connectivity index (χ2v) is 4.97. The van der Waals surface area contributed by atoms with Gasteiger partial charge < -0.3 is 0 Å². The molecule has 0 radical (unpaired) electrons. The van der Waals surface area contributed by atoms with E-state index in [1.54, 1.807) is 13.8 Å². The largest absolute Gasteiger partial charge is 0.435 e. The first-order valence-corrected chi connectivity index (χ1v) is 5.97. The van der Waals surface area contributed by atoms with Gasteiger partial charge in [0, 0.05) is 30.5 Å². The van der Waals surface area contributed by atoms with Gasteiger partial charge in [0.25, 0.3) is 0 Å². The Morgan fingerprint density at radius 1 is 1.44 bits per heavy atom. The molecule has 1 aromatic heterocycles. The van der Waals surface area contributed by atoms with Gasteiger partial charge in [-0.1, -0.05) is 0 Å². The van der Waals surface area contributed by atoms with Gasteiger partial charge in [0.1, 0.15) is 5.78 Å². The standard InChI is InChI=1S/C12H15F3N2O/c1-7(2)17-10(8-3-4-9(18)5-8)6-11(16-17)12(13,14)15/h6-8H,3-5H2,1-2H3. The lowest BCUT2D eigenvalue weighted by Gasteiger charge is -2.14. The van der Waals surface area contributed by atoms with Crippen molar-refractivity contribution in [3.63, 3.8) is 0 Å². The van der Waals surface area contributed by atoms with Crippen LogP contribution in [0.1, 0.15) is 56.5 Å². The first-order chi connectivity index (χ1) is 8.29. The van der Waals surface area contributed by atoms with Gasteiger partial charge in [0.2, 0.25) is 0 Å². The summed E-state index contributed by atoms with van der Waals surface area (Å²) in [7, 11) is 0. The smallest absolute Gasteiger partial charge is 0.300 e. The number of carbonyl (C=O) groups excluding carboxylic acids is 1. The Hall–Kier alpha value is -1.33. The third-order valence-corrected chi connectivity index (χ3v) is 3.21. The summed E-state index contributed by atoms with van der Waals surface area (Å²) < 4.78 is 39.4. The molecule has 0 aliphatic heterocycles. The molecule has 1 aromatic rings. The van der Waals surface area contributed by atoms with Crippen molar-refractivity contribution in [3.8, 4) is 0 Å². The number of hydrogen-bond acceptors (Lipinski definition) is 2. The highest BCUT2D eigenvalue weighted by atomic mass is 19.4. The van der Waals surface area contributed by atoms with Crippen molar-refractivity contribution in [3.05, 3.63) is 17.5 Å². The second kappa shape index (κ2) is 4.40. The number of nitrogens with zero attached hydrogens (tertiary/aromatic N) is 2. The molecule has 2 rings (SSSR count). The lowest BCUT2D eigenvalue weighted by atomic mass is 10.0. The Morgan fingerprint density at radius 2 is 2.11 bits per heavy atom. The zero-order valence-corrected chi connectivity index (χ0v) is 10.3. The van der Waals surface area contributed by atoms with Crippen LogP contribution in [0.5, 0.6) is 0 Å². The first-order valence-electron chi connectivity index (χ1n) is 5.97. The van der Waals surface area contributed by atoms with E-state index < -0.39 is 11.9 Å². The van der Waals surface area contributed by atoms with Crippen molar-refractivity contribution in [2.45, 2.75) is 51.2 Å². The van der Waals surface area contributed by atoms with E-state index in [0.717, 1.165) is 6.07 Å². The van der Waals surface area contributed by atoms with Crippen LogP contribution in [0.4, 0.5) is 13.2 Å². The van der Waals surface area contributed by atoms with Gasteiger partial charge in [-0.15, -0.1) is 0 Å². The maximum absolute atomic E-state index is 12.7. The average molecular weight is 260 g/mol. The molecule has 100 valence electrons. The quantitative estimate of drug-likeness (QED) is 0.817. The van der Waals surface area contributed by atoms with E-state index in [1.807, 2.05) is 0 Å². The van der Waals surface area contributed by atoms with Gasteiger partial charge in [-0.2, -0.15) is 18.3 Å². The highest BCUT2D eigenvalue weighted by Gasteiger charge is 2.37. The van der Waals surface area contributed by atoms with Crippen LogP contribution in [0, 0.1) is 0 Å². The van der Waals surface area contributed by atoms with Crippen molar-refractivity contribution in [2.75, 3.05) is 0 Å². The van der Waals surface area contributed by atoms with Crippen LogP contribution in [0.3, 0.4) is 0 Å². The molecule has 1 unspecified atom stereocenters. The zero-order valence-electron chi connectivity index (χ0n) is 10.3. The van der Waals surface area contributed by atoms with E-state index in [1.165, 1.54) is 4.68 Å². The number of alkyl halides is 3. The lowest BCUT2D eigenvalue weighted by molar-refractivity contribution is -0.141. The summed E-state index contributed by atoms with van der Waals surface area (Å²) in [6.45, 7) is 3.57. The number of ketones is 1. The fourth-order valence-corrected chi connectivity index (χ4v) is 2.33. The third kappa shape index (κ3) is 2.42. The lowest BCUT2D eigenvalue weighted by Crippen LogP contribution is -2.11. The summed E-state index contributed by atoms with van der Waals surface area (Å²) >= 11 is 0. The summed E-state index contributed by atoms with van der Waals surface area (Å²) in [4.78, 5) is 11.3. The van der Waals surface area contributed by atoms with Gasteiger partial charge in [0.05, 0.1) is 0 Å². The molecule has 3 nitrogen and oxygen atoms in total. The van der Waals surface area contributed by atoms with Crippen LogP contribution in [0.15, 0.2) is 6.07 Å². The van der Waals surface area contributed by atoms with Crippen molar-refractivity contribution < 1.29 is 18.0 Å². The number of rotatable bonds is 2. The van der Waals surface area contributed by atoms with Crippen LogP contribution < -0.4 is 0 Å². The molecule has 1 saturated carbocycles. The average Bonchev–Trinajstić information content (AvgIpc) is 2.81. The predicted octanol–water partition coefficient (Wildman–Crippen LogP) is 3.32. The molecular weight excluding hydrogens is 245 g/mol. The van der Waals surface area contributed by atoms with Crippen LogP contribution in [-0.4, -0.2) is 15.6 Å². The van der Waals surface area contributed by atoms with Crippen LogP contribution >= 0.6 is 0 Å². The molecule has 1 heterocycles. The normalized spacial score (nSPS) is 21.0. The van der Waals surface area contributed by atoms with Gasteiger partial charge >= 0.3 is 6.18 Å². The number of Topliss-reactive ketones (excluding diaryl/α,β-unsaturated/α-hetero) is 1. The minimum Gasteiger partial charge on any atom is -0.300 e. The number of aromatic nitrogens is 2. The number of hydrogen-bond donors (Lipinski definition) is 0. The Bertz CT molecular complexity index is 462. The highest BCUT2D eigenvalue weighted by molar-refractivity contribution is 5.81. The van der Waals surface area contributed by atoms with Gasteiger partial charge in [0.15, 0.2) is 5.69 Å². The Labute approximate surface area is 103 Å². The van der Waals surface area contributed by atoms with E-state index in [4.69, 9.17) is 0 Å². The highest BCUT2D eigenvalue weighted by Crippen LogP contribution is 2.37. The molecule has 18 heavy (non-hydrogen) atoms. The maximum atomic E-state index is 12.7. The van der Waals surface area contributed by atoms with Crippen molar-refractivity contribution in [2.24, 2.45) is 0 Å². The number of halogens is 3. The van der Waals surface area contributed by atoms with Crippen molar-refractivity contribution in [1.29, 1.82) is 0 Å². The molecule has 1 aliphatic rings. The monoisotopic (exact) mass is 260 g/mol. The van der Waals surface area contributed by atoms with E-state index in [0.29, 0.717) is 25.0 Å². The zero-order chi connectivity index (χ0) is 13.5.